The molecule has 17 heteroatoms. The van der Waals surface area contributed by atoms with Crippen molar-refractivity contribution in [1.82, 2.24) is 25.6 Å². The zero-order valence-electron chi connectivity index (χ0n) is 24.7. The Kier molecular flexibility index (Phi) is 7.90. The van der Waals surface area contributed by atoms with Crippen LogP contribution in [0.2, 0.25) is 0 Å². The molecule has 0 fully saturated rings. The summed E-state index contributed by atoms with van der Waals surface area (Å²) in [4.78, 5) is 32.1. The molecule has 2 aromatic heterocycles. The smallest absolute Gasteiger partial charge is 0.421 e. The summed E-state index contributed by atoms with van der Waals surface area (Å²) in [7, 11) is 0. The fourth-order valence-corrected chi connectivity index (χ4v) is 6.22. The molecule has 3 amide bonds. The average Bonchev–Trinajstić information content (AvgIpc) is 3.75. The van der Waals surface area contributed by atoms with E-state index in [1.165, 1.54) is 16.5 Å². The number of H-pyrrole nitrogens is 1. The number of thiazole rings is 1. The number of benzene rings is 3. The molecule has 3 N–H and O–H groups in total. The van der Waals surface area contributed by atoms with Gasteiger partial charge in [-0.15, -0.1) is 5.10 Å². The molecule has 0 bridgehead atoms. The molecule has 0 radical (unpaired) electrons. The van der Waals surface area contributed by atoms with Crippen molar-refractivity contribution in [3.8, 4) is 11.5 Å². The van der Waals surface area contributed by atoms with Crippen LogP contribution in [0.5, 0.6) is 11.5 Å². The van der Waals surface area contributed by atoms with Gasteiger partial charge < -0.3 is 9.47 Å². The summed E-state index contributed by atoms with van der Waals surface area (Å²) < 4.78 is 64.0. The number of carbonyl (C=O) groups is 2. The lowest BCUT2D eigenvalue weighted by molar-refractivity contribution is -0.391. The lowest BCUT2D eigenvalue weighted by Crippen LogP contribution is -2.52. The van der Waals surface area contributed by atoms with Crippen molar-refractivity contribution in [3.63, 3.8) is 0 Å². The quantitative estimate of drug-likeness (QED) is 0.153. The first-order valence-corrected chi connectivity index (χ1v) is 15.5. The Morgan fingerprint density at radius 3 is 2.42 bits per heavy atom. The molecule has 2 aliphatic rings. The van der Waals surface area contributed by atoms with E-state index in [0.29, 0.717) is 16.8 Å². The van der Waals surface area contributed by atoms with Crippen LogP contribution < -0.4 is 25.0 Å². The second kappa shape index (κ2) is 12.2. The highest BCUT2D eigenvalue weighted by Gasteiger charge is 2.66. The minimum absolute atomic E-state index is 0.00937. The van der Waals surface area contributed by atoms with Crippen LogP contribution in [-0.2, 0) is 6.54 Å². The summed E-state index contributed by atoms with van der Waals surface area (Å²) in [5.41, 5.74) is 3.96. The first-order chi connectivity index (χ1) is 23.1. The van der Waals surface area contributed by atoms with Gasteiger partial charge in [-0.2, -0.15) is 22.8 Å². The summed E-state index contributed by atoms with van der Waals surface area (Å²) in [6, 6.07) is 15.8. The lowest BCUT2D eigenvalue weighted by atomic mass is 9.93. The molecular formula is C31H24F4N8O4S. The van der Waals surface area contributed by atoms with Crippen LogP contribution in [0.25, 0.3) is 15.8 Å². The zero-order valence-corrected chi connectivity index (χ0v) is 25.5. The maximum Gasteiger partial charge on any atom is 0.507 e. The predicted octanol–water partition coefficient (Wildman–Crippen LogP) is 7.21. The molecule has 0 spiro atoms. The summed E-state index contributed by atoms with van der Waals surface area (Å²) in [5, 5.41) is 18.2. The normalized spacial score (nSPS) is 16.2. The van der Waals surface area contributed by atoms with Gasteiger partial charge in [-0.1, -0.05) is 46.8 Å². The Bertz CT molecular complexity index is 2020. The van der Waals surface area contributed by atoms with E-state index >= 15 is 0 Å². The number of aromatic nitrogens is 5. The second-order valence-electron chi connectivity index (χ2n) is 10.9. The van der Waals surface area contributed by atoms with Gasteiger partial charge in [0.25, 0.3) is 11.9 Å². The van der Waals surface area contributed by atoms with Crippen LogP contribution in [0.1, 0.15) is 47.2 Å². The van der Waals surface area contributed by atoms with E-state index in [2.05, 4.69) is 51.8 Å². The highest BCUT2D eigenvalue weighted by atomic mass is 32.1. The highest BCUT2D eigenvalue weighted by molar-refractivity contribution is 7.22. The van der Waals surface area contributed by atoms with Crippen molar-refractivity contribution in [2.75, 3.05) is 15.5 Å². The first kappa shape index (κ1) is 31.0. The summed E-state index contributed by atoms with van der Waals surface area (Å²) in [5.74, 6) is -1.63. The third-order valence-electron chi connectivity index (χ3n) is 7.71. The van der Waals surface area contributed by atoms with Gasteiger partial charge in [0.1, 0.15) is 4.70 Å². The molecule has 48 heavy (non-hydrogen) atoms. The summed E-state index contributed by atoms with van der Waals surface area (Å²) in [6.45, 7) is 0.0686. The summed E-state index contributed by atoms with van der Waals surface area (Å²) >= 11 is 0.766. The number of alkyl halides is 4. The van der Waals surface area contributed by atoms with Gasteiger partial charge in [0.15, 0.2) is 16.6 Å². The number of aromatic amines is 1. The minimum Gasteiger partial charge on any atom is -0.421 e. The molecule has 3 heterocycles. The fourth-order valence-electron chi connectivity index (χ4n) is 5.29. The number of allylic oxidation sites excluding steroid dienone is 2. The number of tetrazole rings is 1. The van der Waals surface area contributed by atoms with Gasteiger partial charge in [0, 0.05) is 11.3 Å². The Balaban J connectivity index is 1.15. The Labute approximate surface area is 272 Å². The molecule has 7 rings (SSSR count). The monoisotopic (exact) mass is 680 g/mol. The number of nitrogens with zero attached hydrogens (tertiary/aromatic N) is 5. The fraction of sp³-hybridized carbons (Fsp3) is 0.226. The number of nitrogens with one attached hydrogen (secondary N) is 3. The topological polar surface area (TPSA) is 147 Å². The van der Waals surface area contributed by atoms with Gasteiger partial charge in [-0.3, -0.25) is 20.3 Å². The summed E-state index contributed by atoms with van der Waals surface area (Å²) in [6.07, 6.45) is -3.33. The molecule has 12 nitrogen and oxygen atoms in total. The van der Waals surface area contributed by atoms with Crippen LogP contribution >= 0.6 is 11.3 Å². The van der Waals surface area contributed by atoms with Crippen LogP contribution in [0.15, 0.2) is 66.7 Å². The molecular weight excluding hydrogens is 656 g/mol. The number of rotatable bonds is 7. The second-order valence-corrected chi connectivity index (χ2v) is 11.9. The molecule has 0 saturated carbocycles. The number of carbonyl (C=O) groups excluding carboxylic acids is 2. The SMILES string of the molecule is O=C(Nc1nn[nH]n1)c1ccc(CN(C(=O)Nc2nc3ccc4c(c3s2)OC(F)(F)C(F)(F)O4)c2ccc(C3=CCCCC3)cc2)cc1. The van der Waals surface area contributed by atoms with E-state index in [-0.39, 0.29) is 27.8 Å². The van der Waals surface area contributed by atoms with Crippen molar-refractivity contribution in [2.45, 2.75) is 44.4 Å². The number of amides is 3. The van der Waals surface area contributed by atoms with E-state index in [1.54, 1.807) is 24.3 Å². The van der Waals surface area contributed by atoms with Gasteiger partial charge in [0.05, 0.1) is 12.1 Å². The van der Waals surface area contributed by atoms with Gasteiger partial charge in [0.2, 0.25) is 0 Å². The molecule has 0 saturated heterocycles. The van der Waals surface area contributed by atoms with Crippen molar-refractivity contribution in [1.29, 1.82) is 0 Å². The zero-order chi connectivity index (χ0) is 33.5. The Morgan fingerprint density at radius 1 is 0.938 bits per heavy atom. The predicted molar refractivity (Wildman–Crippen MR) is 167 cm³/mol. The number of hydrogen-bond acceptors (Lipinski definition) is 9. The Morgan fingerprint density at radius 2 is 1.71 bits per heavy atom. The van der Waals surface area contributed by atoms with E-state index in [0.717, 1.165) is 48.6 Å². The molecule has 1 aliphatic heterocycles. The standard InChI is InChI=1S/C31H24F4N8O4S/c32-30(33)31(34,35)47-24-23(46-30)15-14-22-25(24)48-28(36-22)38-29(45)43(21-12-10-19(11-13-21)18-4-2-1-3-5-18)16-17-6-8-20(9-7-17)26(44)37-27-39-41-42-40-27/h4,6-15H,1-3,5,16H2,(H,36,38,45)(H2,37,39,40,41,42,44). The van der Waals surface area contributed by atoms with Crippen molar-refractivity contribution in [2.24, 2.45) is 0 Å². The van der Waals surface area contributed by atoms with E-state index in [9.17, 15) is 27.2 Å². The molecule has 1 aliphatic carbocycles. The average molecular weight is 681 g/mol. The maximum absolute atomic E-state index is 14.0. The highest BCUT2D eigenvalue weighted by Crippen LogP contribution is 2.51. The maximum atomic E-state index is 14.0. The molecule has 0 atom stereocenters. The van der Waals surface area contributed by atoms with Crippen LogP contribution in [0.3, 0.4) is 0 Å². The van der Waals surface area contributed by atoms with E-state index in [4.69, 9.17) is 0 Å². The van der Waals surface area contributed by atoms with Crippen LogP contribution in [0, 0.1) is 0 Å². The number of anilines is 3. The largest absolute Gasteiger partial charge is 0.507 e. The lowest BCUT2D eigenvalue weighted by Gasteiger charge is -2.31. The number of halogens is 4. The van der Waals surface area contributed by atoms with Crippen LogP contribution in [0.4, 0.5) is 39.1 Å². The minimum atomic E-state index is -4.92. The van der Waals surface area contributed by atoms with Crippen molar-refractivity contribution < 1.29 is 36.6 Å². The van der Waals surface area contributed by atoms with Crippen molar-refractivity contribution >= 4 is 55.8 Å². The van der Waals surface area contributed by atoms with E-state index in [1.807, 2.05) is 24.3 Å². The molecule has 3 aromatic carbocycles. The van der Waals surface area contributed by atoms with Gasteiger partial charge in [-0.25, -0.2) is 9.78 Å². The van der Waals surface area contributed by atoms with Crippen molar-refractivity contribution in [3.05, 3.63) is 83.4 Å². The first-order valence-electron chi connectivity index (χ1n) is 14.7. The van der Waals surface area contributed by atoms with Gasteiger partial charge >= 0.3 is 18.2 Å². The number of ether oxygens (including phenoxy) is 2. The van der Waals surface area contributed by atoms with Crippen LogP contribution in [-0.4, -0.2) is 49.8 Å². The number of hydrogen-bond donors (Lipinski definition) is 3. The third kappa shape index (κ3) is 6.11. The van der Waals surface area contributed by atoms with Gasteiger partial charge in [-0.05, 0) is 84.0 Å². The third-order valence-corrected chi connectivity index (χ3v) is 8.70. The molecule has 5 aromatic rings. The molecule has 0 unspecified atom stereocenters. The number of urea groups is 1. The molecule has 246 valence electrons. The number of fused-ring (bicyclic) bond motifs is 3. The van der Waals surface area contributed by atoms with E-state index < -0.39 is 35.7 Å². The Hall–Kier alpha value is -5.58.